The van der Waals surface area contributed by atoms with Gasteiger partial charge in [0.05, 0.1) is 18.0 Å². The molecule has 5 heterocycles. The van der Waals surface area contributed by atoms with Gasteiger partial charge in [-0.1, -0.05) is 29.8 Å². The van der Waals surface area contributed by atoms with Gasteiger partial charge in [0.15, 0.2) is 17.5 Å². The summed E-state index contributed by atoms with van der Waals surface area (Å²) in [5.74, 6) is -1.04. The number of benzene rings is 1. The number of nitrogens with zero attached hydrogens (tertiary/aromatic N) is 7. The standard InChI is InChI=1S/C34H40ClN9O14P2/c1-3-4-9-27(45)42(2)20(14-52-21-8-6-5-7-19(21)35)33(46)57-22-12-29(44-18-40-30-31(37)38-17-39-32(30)44)56-25(22)16-54-60(50,51)58-23-13-28(55-24(23)15-53-59(48)49)43-11-10-26(36)41-34(43)47/h3,5-8,10-11,17-18,20,22-25,28-29H,1,4,9,12-16H2,2H3,(H5-,36,37,38,39,41,47,48,49,50,51)/p+1/t20-,22?,23-,24+,25+,28+,29+/m0/s1. The summed E-state index contributed by atoms with van der Waals surface area (Å²) in [7, 11) is -6.76. The number of nitrogens with two attached hydrogens (primary N) is 2. The fourth-order valence-electron chi connectivity index (χ4n) is 6.38. The molecule has 0 radical (unpaired) electrons. The van der Waals surface area contributed by atoms with Crippen LogP contribution in [0.1, 0.15) is 38.1 Å². The molecule has 2 aliphatic rings. The fraction of sp³-hybridized carbons (Fsp3) is 0.441. The van der Waals surface area contributed by atoms with E-state index in [-0.39, 0.29) is 59.4 Å². The third-order valence-electron chi connectivity index (χ3n) is 9.44. The minimum Gasteiger partial charge on any atom is -0.489 e. The van der Waals surface area contributed by atoms with Crippen LogP contribution in [0.4, 0.5) is 11.6 Å². The topological polar surface area (TPSA) is 307 Å². The van der Waals surface area contributed by atoms with Crippen LogP contribution < -0.4 is 21.9 Å². The number of anilines is 2. The Morgan fingerprint density at radius 1 is 1.12 bits per heavy atom. The number of likely N-dealkylation sites (N-methyl/N-ethyl adjacent to an activating group) is 1. The number of ether oxygens (including phenoxy) is 4. The lowest BCUT2D eigenvalue weighted by atomic mass is 10.1. The van der Waals surface area contributed by atoms with E-state index in [1.54, 1.807) is 30.3 Å². The van der Waals surface area contributed by atoms with Crippen molar-refractivity contribution in [1.29, 1.82) is 0 Å². The number of allylic oxidation sites excluding steroid dienone is 1. The van der Waals surface area contributed by atoms with E-state index in [1.165, 1.54) is 41.4 Å². The Morgan fingerprint density at radius 2 is 1.83 bits per heavy atom. The van der Waals surface area contributed by atoms with Gasteiger partial charge in [-0.25, -0.2) is 29.1 Å². The van der Waals surface area contributed by atoms with Crippen LogP contribution in [0.3, 0.4) is 0 Å². The lowest BCUT2D eigenvalue weighted by molar-refractivity contribution is -0.163. The highest BCUT2D eigenvalue weighted by Crippen LogP contribution is 2.49. The molecule has 6 rings (SSSR count). The summed E-state index contributed by atoms with van der Waals surface area (Å²) in [6.45, 7) is 2.00. The maximum absolute atomic E-state index is 14.1. The molecule has 0 spiro atoms. The van der Waals surface area contributed by atoms with E-state index in [0.29, 0.717) is 6.42 Å². The number of esters is 1. The van der Waals surface area contributed by atoms with Crippen LogP contribution in [-0.4, -0.2) is 113 Å². The Hall–Kier alpha value is -4.93. The zero-order valence-electron chi connectivity index (χ0n) is 31.7. The van der Waals surface area contributed by atoms with Crippen molar-refractivity contribution in [3.63, 3.8) is 0 Å². The van der Waals surface area contributed by atoms with Gasteiger partial charge >= 0.3 is 27.7 Å². The zero-order valence-corrected chi connectivity index (χ0v) is 34.3. The van der Waals surface area contributed by atoms with Crippen LogP contribution in [0.25, 0.3) is 11.2 Å². The van der Waals surface area contributed by atoms with Gasteiger partial charge in [0.2, 0.25) is 5.91 Å². The number of carbonyl (C=O) groups excluding carboxylic acids is 2. The van der Waals surface area contributed by atoms with Gasteiger partial charge in [0.25, 0.3) is 0 Å². The Balaban J connectivity index is 1.22. The number of para-hydroxylation sites is 1. The molecule has 23 nitrogen and oxygen atoms in total. The second-order valence-corrected chi connectivity index (χ2v) is 15.9. The lowest BCUT2D eigenvalue weighted by Crippen LogP contribution is -2.48. The van der Waals surface area contributed by atoms with Gasteiger partial charge in [-0.3, -0.25) is 23.0 Å². The first kappa shape index (κ1) is 44.6. The Labute approximate surface area is 346 Å². The Kier molecular flexibility index (Phi) is 14.6. The molecular formula is C34H41ClN9O14P2+. The van der Waals surface area contributed by atoms with Crippen molar-refractivity contribution in [2.45, 2.75) is 68.6 Å². The number of phosphoric acid groups is 1. The lowest BCUT2D eigenvalue weighted by Gasteiger charge is -2.29. The summed E-state index contributed by atoms with van der Waals surface area (Å²) in [5, 5.41) is 0.265. The molecule has 2 aliphatic heterocycles. The average molecular weight is 897 g/mol. The number of amides is 1. The summed E-state index contributed by atoms with van der Waals surface area (Å²) >= 11 is 6.28. The number of halogens is 1. The summed E-state index contributed by atoms with van der Waals surface area (Å²) in [4.78, 5) is 77.2. The van der Waals surface area contributed by atoms with E-state index in [4.69, 9.17) is 55.6 Å². The van der Waals surface area contributed by atoms with Crippen molar-refractivity contribution in [3.05, 3.63) is 77.3 Å². The second kappa shape index (κ2) is 19.6. The van der Waals surface area contributed by atoms with E-state index in [0.717, 1.165) is 4.57 Å². The van der Waals surface area contributed by atoms with E-state index in [2.05, 4.69) is 26.5 Å². The number of phosphoric ester groups is 1. The molecule has 2 fully saturated rings. The first-order valence-corrected chi connectivity index (χ1v) is 21.1. The van der Waals surface area contributed by atoms with Gasteiger partial charge in [-0.15, -0.1) is 16.0 Å². The molecule has 3 aromatic heterocycles. The molecule has 322 valence electrons. The highest BCUT2D eigenvalue weighted by atomic mass is 35.5. The highest BCUT2D eigenvalue weighted by Gasteiger charge is 2.46. The minimum absolute atomic E-state index is 0.0389. The Morgan fingerprint density at radius 3 is 2.55 bits per heavy atom. The number of imidazole rings is 1. The number of hydrogen-bond acceptors (Lipinski definition) is 18. The van der Waals surface area contributed by atoms with Crippen LogP contribution >= 0.6 is 27.7 Å². The van der Waals surface area contributed by atoms with Crippen molar-refractivity contribution in [3.8, 4) is 5.75 Å². The number of aromatic nitrogens is 6. The molecule has 3 unspecified atom stereocenters. The molecule has 6 N–H and O–H groups in total. The maximum Gasteiger partial charge on any atom is 0.694 e. The van der Waals surface area contributed by atoms with Crippen LogP contribution in [0.15, 0.2) is 66.6 Å². The van der Waals surface area contributed by atoms with E-state index in [1.807, 2.05) is 0 Å². The van der Waals surface area contributed by atoms with Crippen LogP contribution in [-0.2, 0) is 46.5 Å². The number of nitrogen functional groups attached to an aromatic ring is 2. The molecule has 1 aromatic carbocycles. The molecule has 4 aromatic rings. The second-order valence-electron chi connectivity index (χ2n) is 13.4. The van der Waals surface area contributed by atoms with Gasteiger partial charge in [0.1, 0.15) is 73.5 Å². The molecule has 1 amide bonds. The third kappa shape index (κ3) is 10.9. The monoisotopic (exact) mass is 896 g/mol. The molecule has 9 atom stereocenters. The smallest absolute Gasteiger partial charge is 0.489 e. The zero-order chi connectivity index (χ0) is 43.1. The van der Waals surface area contributed by atoms with Gasteiger partial charge in [-0.05, 0) is 24.6 Å². The minimum atomic E-state index is -5.08. The van der Waals surface area contributed by atoms with E-state index >= 15 is 0 Å². The van der Waals surface area contributed by atoms with Crippen molar-refractivity contribution >= 4 is 62.4 Å². The molecule has 26 heteroatoms. The predicted molar refractivity (Wildman–Crippen MR) is 209 cm³/mol. The average Bonchev–Trinajstić information content (AvgIpc) is 3.93. The summed E-state index contributed by atoms with van der Waals surface area (Å²) in [5.41, 5.74) is 11.3. The van der Waals surface area contributed by atoms with E-state index < -0.39 is 89.8 Å². The molecule has 0 bridgehead atoms. The van der Waals surface area contributed by atoms with Crippen LogP contribution in [0.5, 0.6) is 5.75 Å². The maximum atomic E-state index is 14.1. The van der Waals surface area contributed by atoms with Crippen molar-refractivity contribution in [1.82, 2.24) is 34.0 Å². The summed E-state index contributed by atoms with van der Waals surface area (Å²) < 4.78 is 67.0. The molecule has 0 aliphatic carbocycles. The van der Waals surface area contributed by atoms with Gasteiger partial charge in [-0.2, -0.15) is 4.98 Å². The number of hydrogen-bond donors (Lipinski definition) is 4. The SMILES string of the molecule is C=CCCC(=O)N(C)[C@@H](COc1ccccc1Cl)C(=O)OC1C[C@H](n2cnc3c(N)ncnc32)O[C@@H]1COP(=O)(O)O[C@H]1C[C@H](n2ccc(N)nc2=O)O[C@@H]1CO[P+](=O)O. The van der Waals surface area contributed by atoms with Crippen LogP contribution in [0.2, 0.25) is 5.02 Å². The summed E-state index contributed by atoms with van der Waals surface area (Å²) in [6.07, 6.45) is -1.53. The highest BCUT2D eigenvalue weighted by molar-refractivity contribution is 7.47. The van der Waals surface area contributed by atoms with Crippen molar-refractivity contribution in [2.75, 3.05) is 38.3 Å². The third-order valence-corrected chi connectivity index (χ3v) is 11.1. The quantitative estimate of drug-likeness (QED) is 0.0597. The number of rotatable bonds is 19. The molecule has 2 saturated heterocycles. The van der Waals surface area contributed by atoms with Gasteiger partial charge < -0.3 is 40.2 Å². The van der Waals surface area contributed by atoms with Crippen molar-refractivity contribution in [2.24, 2.45) is 0 Å². The van der Waals surface area contributed by atoms with Gasteiger partial charge in [0, 0.05) is 37.1 Å². The van der Waals surface area contributed by atoms with E-state index in [9.17, 15) is 33.3 Å². The molecule has 60 heavy (non-hydrogen) atoms. The fourth-order valence-corrected chi connectivity index (χ4v) is 7.81. The Bertz CT molecular complexity index is 2320. The first-order valence-electron chi connectivity index (χ1n) is 18.1. The van der Waals surface area contributed by atoms with Crippen molar-refractivity contribution < 1.29 is 61.0 Å². The largest absolute Gasteiger partial charge is 0.694 e. The summed E-state index contributed by atoms with van der Waals surface area (Å²) in [6, 6.07) is 6.57. The molecular weight excluding hydrogens is 856 g/mol. The number of carbonyl (C=O) groups is 2. The first-order chi connectivity index (χ1) is 28.6. The molecule has 0 saturated carbocycles. The number of fused-ring (bicyclic) bond motifs is 1. The predicted octanol–water partition coefficient (Wildman–Crippen LogP) is 2.43. The van der Waals surface area contributed by atoms with Crippen LogP contribution in [0, 0.1) is 0 Å². The normalized spacial score (nSPS) is 23.2.